The van der Waals surface area contributed by atoms with E-state index in [1.54, 1.807) is 0 Å². The second-order valence-corrected chi connectivity index (χ2v) is 4.84. The van der Waals surface area contributed by atoms with Crippen molar-refractivity contribution in [2.45, 2.75) is 26.2 Å². The predicted octanol–water partition coefficient (Wildman–Crippen LogP) is 3.02. The molecule has 15 heavy (non-hydrogen) atoms. The summed E-state index contributed by atoms with van der Waals surface area (Å²) < 4.78 is 1.07. The van der Waals surface area contributed by atoms with E-state index in [4.69, 9.17) is 0 Å². The van der Waals surface area contributed by atoms with Crippen LogP contribution in [0.2, 0.25) is 0 Å². The van der Waals surface area contributed by atoms with E-state index in [0.717, 1.165) is 23.4 Å². The van der Waals surface area contributed by atoms with Gasteiger partial charge in [0.05, 0.1) is 0 Å². The highest BCUT2D eigenvalue weighted by Crippen LogP contribution is 2.16. The lowest BCUT2D eigenvalue weighted by atomic mass is 9.96. The maximum Gasteiger partial charge on any atom is 0.0410 e. The summed E-state index contributed by atoms with van der Waals surface area (Å²) in [4.78, 5) is 4.19. The molecule has 0 amide bonds. The van der Waals surface area contributed by atoms with Crippen LogP contribution >= 0.6 is 15.9 Å². The van der Waals surface area contributed by atoms with E-state index in [-0.39, 0.29) is 0 Å². The molecule has 1 aromatic heterocycles. The van der Waals surface area contributed by atoms with Gasteiger partial charge in [-0.1, -0.05) is 13.3 Å². The van der Waals surface area contributed by atoms with Crippen molar-refractivity contribution in [3.8, 4) is 0 Å². The molecule has 1 rings (SSSR count). The topological polar surface area (TPSA) is 24.9 Å². The van der Waals surface area contributed by atoms with Gasteiger partial charge in [0.1, 0.15) is 0 Å². The van der Waals surface area contributed by atoms with Gasteiger partial charge in [0, 0.05) is 16.9 Å². The number of hydrogen-bond acceptors (Lipinski definition) is 2. The zero-order chi connectivity index (χ0) is 11.1. The van der Waals surface area contributed by atoms with Crippen LogP contribution in [0.25, 0.3) is 0 Å². The number of aromatic nitrogens is 1. The molecule has 0 aliphatic rings. The maximum atomic E-state index is 4.19. The first kappa shape index (κ1) is 12.7. The average Bonchev–Trinajstić information content (AvgIpc) is 2.18. The Labute approximate surface area is 101 Å². The van der Waals surface area contributed by atoms with Gasteiger partial charge in [0.2, 0.25) is 0 Å². The zero-order valence-corrected chi connectivity index (χ0v) is 11.0. The first-order chi connectivity index (χ1) is 7.26. The van der Waals surface area contributed by atoms with Gasteiger partial charge in [-0.15, -0.1) is 0 Å². The van der Waals surface area contributed by atoms with E-state index in [9.17, 15) is 0 Å². The quantitative estimate of drug-likeness (QED) is 0.860. The van der Waals surface area contributed by atoms with Crippen LogP contribution < -0.4 is 5.32 Å². The summed E-state index contributed by atoms with van der Waals surface area (Å²) in [5.74, 6) is 0.719. The van der Waals surface area contributed by atoms with Crippen molar-refractivity contribution in [2.24, 2.45) is 5.92 Å². The van der Waals surface area contributed by atoms with Gasteiger partial charge in [-0.05, 0) is 59.9 Å². The minimum atomic E-state index is 0.719. The zero-order valence-electron chi connectivity index (χ0n) is 9.46. The van der Waals surface area contributed by atoms with E-state index in [1.807, 2.05) is 19.4 Å². The molecule has 1 atom stereocenters. The number of pyridine rings is 1. The highest BCUT2D eigenvalue weighted by Gasteiger charge is 2.08. The number of nitrogens with one attached hydrogen (secondary N) is 1. The van der Waals surface area contributed by atoms with Crippen molar-refractivity contribution in [1.82, 2.24) is 10.3 Å². The van der Waals surface area contributed by atoms with Gasteiger partial charge >= 0.3 is 0 Å². The van der Waals surface area contributed by atoms with Gasteiger partial charge in [-0.25, -0.2) is 0 Å². The lowest BCUT2D eigenvalue weighted by Crippen LogP contribution is -2.20. The molecule has 0 saturated heterocycles. The fraction of sp³-hybridized carbons (Fsp3) is 0.583. The van der Waals surface area contributed by atoms with E-state index in [0.29, 0.717) is 0 Å². The molecule has 84 valence electrons. The number of hydrogen-bond donors (Lipinski definition) is 1. The largest absolute Gasteiger partial charge is 0.319 e. The van der Waals surface area contributed by atoms with Gasteiger partial charge in [-0.2, -0.15) is 0 Å². The number of nitrogens with zero attached hydrogens (tertiary/aromatic N) is 1. The summed E-state index contributed by atoms with van der Waals surface area (Å²) in [5, 5.41) is 3.26. The molecular weight excluding hydrogens is 252 g/mol. The van der Waals surface area contributed by atoms with Crippen LogP contribution in [0.4, 0.5) is 0 Å². The second-order valence-electron chi connectivity index (χ2n) is 3.93. The van der Waals surface area contributed by atoms with Gasteiger partial charge in [0.15, 0.2) is 0 Å². The Morgan fingerprint density at radius 3 is 2.87 bits per heavy atom. The van der Waals surface area contributed by atoms with Crippen molar-refractivity contribution in [1.29, 1.82) is 0 Å². The minimum absolute atomic E-state index is 0.719. The van der Waals surface area contributed by atoms with Gasteiger partial charge in [-0.3, -0.25) is 4.98 Å². The van der Waals surface area contributed by atoms with Crippen LogP contribution in [0.3, 0.4) is 0 Å². The summed E-state index contributed by atoms with van der Waals surface area (Å²) in [6, 6.07) is 2.16. The maximum absolute atomic E-state index is 4.19. The first-order valence-electron chi connectivity index (χ1n) is 5.50. The Bertz CT molecular complexity index is 283. The average molecular weight is 271 g/mol. The number of rotatable bonds is 6. The van der Waals surface area contributed by atoms with Crippen LogP contribution in [0, 0.1) is 5.92 Å². The molecule has 0 spiro atoms. The fourth-order valence-electron chi connectivity index (χ4n) is 1.87. The molecule has 1 unspecified atom stereocenters. The monoisotopic (exact) mass is 270 g/mol. The van der Waals surface area contributed by atoms with E-state index >= 15 is 0 Å². The summed E-state index contributed by atoms with van der Waals surface area (Å²) >= 11 is 3.45. The lowest BCUT2D eigenvalue weighted by Gasteiger charge is -2.15. The molecule has 0 saturated carbocycles. The van der Waals surface area contributed by atoms with Crippen molar-refractivity contribution < 1.29 is 0 Å². The smallest absolute Gasteiger partial charge is 0.0410 e. The molecular formula is C12H19BrN2. The summed E-state index contributed by atoms with van der Waals surface area (Å²) in [6.07, 6.45) is 7.42. The van der Waals surface area contributed by atoms with Crippen molar-refractivity contribution in [3.05, 3.63) is 28.5 Å². The van der Waals surface area contributed by atoms with Crippen LogP contribution in [-0.2, 0) is 6.42 Å². The molecule has 1 heterocycles. The van der Waals surface area contributed by atoms with E-state index in [2.05, 4.69) is 39.2 Å². The van der Waals surface area contributed by atoms with E-state index < -0.39 is 0 Å². The van der Waals surface area contributed by atoms with Gasteiger partial charge in [0.25, 0.3) is 0 Å². The molecule has 1 N–H and O–H groups in total. The van der Waals surface area contributed by atoms with Crippen molar-refractivity contribution >= 4 is 15.9 Å². The van der Waals surface area contributed by atoms with Crippen molar-refractivity contribution in [3.63, 3.8) is 0 Å². The molecule has 0 aromatic carbocycles. The van der Waals surface area contributed by atoms with E-state index in [1.165, 1.54) is 18.4 Å². The molecule has 0 aliphatic heterocycles. The Balaban J connectivity index is 2.56. The molecule has 0 aliphatic carbocycles. The summed E-state index contributed by atoms with van der Waals surface area (Å²) in [6.45, 7) is 3.32. The third-order valence-corrected chi connectivity index (χ3v) is 2.91. The van der Waals surface area contributed by atoms with Crippen LogP contribution in [0.15, 0.2) is 22.9 Å². The Morgan fingerprint density at radius 1 is 1.47 bits per heavy atom. The normalized spacial score (nSPS) is 12.7. The van der Waals surface area contributed by atoms with Crippen molar-refractivity contribution in [2.75, 3.05) is 13.6 Å². The molecule has 1 aromatic rings. The molecule has 0 bridgehead atoms. The molecule has 0 fully saturated rings. The Morgan fingerprint density at radius 2 is 2.27 bits per heavy atom. The second kappa shape index (κ2) is 6.96. The molecule has 3 heteroatoms. The Kier molecular flexibility index (Phi) is 5.88. The standard InChI is InChI=1S/C12H19BrN2/c1-3-4-10(7-14-2)5-11-6-12(13)9-15-8-11/h6,8-10,14H,3-5,7H2,1-2H3. The molecule has 2 nitrogen and oxygen atoms in total. The summed E-state index contributed by atoms with van der Waals surface area (Å²) in [7, 11) is 2.02. The highest BCUT2D eigenvalue weighted by atomic mass is 79.9. The SMILES string of the molecule is CCCC(CNC)Cc1cncc(Br)c1. The van der Waals surface area contributed by atoms with Gasteiger partial charge < -0.3 is 5.32 Å². The minimum Gasteiger partial charge on any atom is -0.319 e. The van der Waals surface area contributed by atoms with Crippen LogP contribution in [-0.4, -0.2) is 18.6 Å². The summed E-state index contributed by atoms with van der Waals surface area (Å²) in [5.41, 5.74) is 1.32. The number of halogens is 1. The fourth-order valence-corrected chi connectivity index (χ4v) is 2.29. The third-order valence-electron chi connectivity index (χ3n) is 2.48. The first-order valence-corrected chi connectivity index (χ1v) is 6.29. The lowest BCUT2D eigenvalue weighted by molar-refractivity contribution is 0.455. The Hall–Kier alpha value is -0.410. The molecule has 0 radical (unpaired) electrons. The van der Waals surface area contributed by atoms with Crippen LogP contribution in [0.5, 0.6) is 0 Å². The van der Waals surface area contributed by atoms with Crippen LogP contribution in [0.1, 0.15) is 25.3 Å². The highest BCUT2D eigenvalue weighted by molar-refractivity contribution is 9.10. The third kappa shape index (κ3) is 4.76. The predicted molar refractivity (Wildman–Crippen MR) is 68.0 cm³/mol.